The number of rotatable bonds is 9. The van der Waals surface area contributed by atoms with E-state index in [4.69, 9.17) is 4.74 Å². The van der Waals surface area contributed by atoms with E-state index in [-0.39, 0.29) is 10.6 Å². The molecule has 2 aromatic carbocycles. The summed E-state index contributed by atoms with van der Waals surface area (Å²) in [4.78, 5) is 24.4. The molecule has 10 heteroatoms. The molecule has 0 unspecified atom stereocenters. The van der Waals surface area contributed by atoms with Gasteiger partial charge in [-0.2, -0.15) is 0 Å². The third-order valence-corrected chi connectivity index (χ3v) is 5.86. The second kappa shape index (κ2) is 12.2. The molecule has 0 saturated carbocycles. The van der Waals surface area contributed by atoms with Crippen LogP contribution < -0.4 is 15.0 Å². The fourth-order valence-electron chi connectivity index (χ4n) is 3.98. The van der Waals surface area contributed by atoms with Gasteiger partial charge in [0.15, 0.2) is 0 Å². The molecule has 0 aliphatic rings. The van der Waals surface area contributed by atoms with E-state index < -0.39 is 0 Å². The molecule has 2 heterocycles. The van der Waals surface area contributed by atoms with Crippen LogP contribution in [-0.2, 0) is 7.05 Å². The predicted octanol–water partition coefficient (Wildman–Crippen LogP) is 5.32. The Bertz CT molecular complexity index is 1370. The van der Waals surface area contributed by atoms with Gasteiger partial charge in [-0.05, 0) is 26.2 Å². The average molecular weight is 506 g/mol. The minimum atomic E-state index is -0.389. The molecule has 0 saturated heterocycles. The molecular weight excluding hydrogens is 470 g/mol. The predicted molar refractivity (Wildman–Crippen MR) is 150 cm³/mol. The summed E-state index contributed by atoms with van der Waals surface area (Å²) in [5.74, 6) is 0.776. The van der Waals surface area contributed by atoms with Crippen LogP contribution in [0.15, 0.2) is 54.9 Å². The summed E-state index contributed by atoms with van der Waals surface area (Å²) in [6.45, 7) is 5.38. The molecule has 1 N–H and O–H groups in total. The van der Waals surface area contributed by atoms with Crippen molar-refractivity contribution < 1.29 is 9.66 Å². The van der Waals surface area contributed by atoms with Gasteiger partial charge in [-0.1, -0.05) is 32.0 Å². The Morgan fingerprint density at radius 2 is 1.84 bits per heavy atom. The van der Waals surface area contributed by atoms with Gasteiger partial charge >= 0.3 is 0 Å². The smallest absolute Gasteiger partial charge is 0.294 e. The van der Waals surface area contributed by atoms with Crippen LogP contribution in [0.4, 0.5) is 23.0 Å². The van der Waals surface area contributed by atoms with Crippen LogP contribution in [0.25, 0.3) is 22.2 Å². The molecule has 0 fully saturated rings. The summed E-state index contributed by atoms with van der Waals surface area (Å²) in [7, 11) is 9.27. The van der Waals surface area contributed by atoms with Crippen LogP contribution in [0.3, 0.4) is 0 Å². The fraction of sp³-hybridized carbons (Fsp3) is 0.333. The minimum Gasteiger partial charge on any atom is -0.494 e. The van der Waals surface area contributed by atoms with Crippen molar-refractivity contribution in [3.05, 3.63) is 65.0 Å². The number of nitro groups is 1. The molecule has 4 aromatic rings. The number of hydrogen-bond acceptors (Lipinski definition) is 8. The highest BCUT2D eigenvalue weighted by atomic mass is 16.6. The van der Waals surface area contributed by atoms with Crippen molar-refractivity contribution in [3.63, 3.8) is 0 Å². The maximum absolute atomic E-state index is 11.9. The van der Waals surface area contributed by atoms with E-state index in [1.807, 2.05) is 76.2 Å². The first kappa shape index (κ1) is 27.4. The van der Waals surface area contributed by atoms with Gasteiger partial charge in [0.25, 0.3) is 5.69 Å². The standard InChI is InChI=1S/C25H29N7O3.C2H6/c1-29(2)12-13-30(3)22-15-24(35-5)20(14-23(22)32(33)34)28-25-26-11-10-19(27-25)18-16-31(4)21-9-7-6-8-17(18)21;1-2/h6-11,14-16H,12-13H2,1-5H3,(H,26,27,28);1-2H3. The summed E-state index contributed by atoms with van der Waals surface area (Å²) < 4.78 is 7.62. The zero-order valence-corrected chi connectivity index (χ0v) is 22.5. The lowest BCUT2D eigenvalue weighted by Crippen LogP contribution is -2.28. The average Bonchev–Trinajstić information content (AvgIpc) is 3.24. The normalized spacial score (nSPS) is 10.7. The topological polar surface area (TPSA) is 102 Å². The van der Waals surface area contributed by atoms with Gasteiger partial charge in [0.2, 0.25) is 5.95 Å². The molecule has 4 rings (SSSR count). The van der Waals surface area contributed by atoms with E-state index >= 15 is 0 Å². The van der Waals surface area contributed by atoms with Gasteiger partial charge < -0.3 is 24.4 Å². The van der Waals surface area contributed by atoms with E-state index in [0.717, 1.165) is 28.7 Å². The van der Waals surface area contributed by atoms with Crippen molar-refractivity contribution in [2.75, 3.05) is 51.6 Å². The van der Waals surface area contributed by atoms with Gasteiger partial charge in [-0.3, -0.25) is 10.1 Å². The summed E-state index contributed by atoms with van der Waals surface area (Å²) >= 11 is 0. The zero-order chi connectivity index (χ0) is 27.1. The van der Waals surface area contributed by atoms with Crippen molar-refractivity contribution in [1.82, 2.24) is 19.4 Å². The van der Waals surface area contributed by atoms with Crippen LogP contribution in [0, 0.1) is 10.1 Å². The molecule has 0 radical (unpaired) electrons. The summed E-state index contributed by atoms with van der Waals surface area (Å²) in [5, 5.41) is 16.1. The first-order valence-corrected chi connectivity index (χ1v) is 12.1. The Balaban J connectivity index is 0.00000186. The van der Waals surface area contributed by atoms with Crippen molar-refractivity contribution in [1.29, 1.82) is 0 Å². The van der Waals surface area contributed by atoms with Crippen molar-refractivity contribution in [2.24, 2.45) is 7.05 Å². The number of anilines is 3. The van der Waals surface area contributed by atoms with E-state index in [1.165, 1.54) is 13.2 Å². The fourth-order valence-corrected chi connectivity index (χ4v) is 3.98. The Hall–Kier alpha value is -4.18. The zero-order valence-electron chi connectivity index (χ0n) is 22.5. The SMILES string of the molecule is CC.COc1cc(N(C)CCN(C)C)c([N+](=O)[O-])cc1Nc1nccc(-c2cn(C)c3ccccc23)n1. The number of nitrogens with zero attached hydrogens (tertiary/aromatic N) is 6. The van der Waals surface area contributed by atoms with Crippen LogP contribution in [0.2, 0.25) is 0 Å². The maximum Gasteiger partial charge on any atom is 0.294 e. The van der Waals surface area contributed by atoms with Crippen LogP contribution >= 0.6 is 0 Å². The number of aryl methyl sites for hydroxylation is 1. The van der Waals surface area contributed by atoms with Crippen LogP contribution in [0.5, 0.6) is 5.75 Å². The Morgan fingerprint density at radius 3 is 2.51 bits per heavy atom. The molecule has 0 atom stereocenters. The van der Waals surface area contributed by atoms with Gasteiger partial charge in [-0.25, -0.2) is 9.97 Å². The molecular formula is C27H35N7O3. The van der Waals surface area contributed by atoms with E-state index in [0.29, 0.717) is 29.6 Å². The second-order valence-corrected chi connectivity index (χ2v) is 8.58. The summed E-state index contributed by atoms with van der Waals surface area (Å²) in [6.07, 6.45) is 3.69. The number of fused-ring (bicyclic) bond motifs is 1. The molecule has 196 valence electrons. The molecule has 0 bridgehead atoms. The number of likely N-dealkylation sites (N-methyl/N-ethyl adjacent to an activating group) is 2. The number of nitro benzene ring substituents is 1. The van der Waals surface area contributed by atoms with Gasteiger partial charge in [-0.15, -0.1) is 0 Å². The lowest BCUT2D eigenvalue weighted by atomic mass is 10.1. The molecule has 10 nitrogen and oxygen atoms in total. The summed E-state index contributed by atoms with van der Waals surface area (Å²) in [6, 6.07) is 13.1. The molecule has 0 aliphatic heterocycles. The number of hydrogen-bond donors (Lipinski definition) is 1. The lowest BCUT2D eigenvalue weighted by molar-refractivity contribution is -0.384. The lowest BCUT2D eigenvalue weighted by Gasteiger charge is -2.22. The molecule has 0 amide bonds. The van der Waals surface area contributed by atoms with E-state index in [1.54, 1.807) is 12.3 Å². The number of benzene rings is 2. The number of methoxy groups -OCH3 is 1. The quantitative estimate of drug-likeness (QED) is 0.241. The highest BCUT2D eigenvalue weighted by Crippen LogP contribution is 2.39. The monoisotopic (exact) mass is 505 g/mol. The highest BCUT2D eigenvalue weighted by molar-refractivity contribution is 5.95. The number of para-hydroxylation sites is 1. The number of ether oxygens (including phenoxy) is 1. The van der Waals surface area contributed by atoms with Crippen LogP contribution in [0.1, 0.15) is 13.8 Å². The number of aromatic nitrogens is 3. The van der Waals surface area contributed by atoms with Crippen molar-refractivity contribution in [3.8, 4) is 17.0 Å². The minimum absolute atomic E-state index is 0.0280. The van der Waals surface area contributed by atoms with Crippen molar-refractivity contribution in [2.45, 2.75) is 13.8 Å². The molecule has 2 aromatic heterocycles. The molecule has 0 spiro atoms. The largest absolute Gasteiger partial charge is 0.494 e. The van der Waals surface area contributed by atoms with E-state index in [2.05, 4.69) is 32.0 Å². The first-order valence-electron chi connectivity index (χ1n) is 12.1. The Morgan fingerprint density at radius 1 is 1.11 bits per heavy atom. The second-order valence-electron chi connectivity index (χ2n) is 8.58. The highest BCUT2D eigenvalue weighted by Gasteiger charge is 2.22. The molecule has 37 heavy (non-hydrogen) atoms. The van der Waals surface area contributed by atoms with Gasteiger partial charge in [0.1, 0.15) is 11.4 Å². The first-order chi connectivity index (χ1) is 17.8. The van der Waals surface area contributed by atoms with Crippen LogP contribution in [-0.4, -0.2) is 65.7 Å². The third-order valence-electron chi connectivity index (χ3n) is 5.86. The molecule has 0 aliphatic carbocycles. The summed E-state index contributed by atoms with van der Waals surface area (Å²) in [5.41, 5.74) is 3.68. The third kappa shape index (κ3) is 6.15. The van der Waals surface area contributed by atoms with Crippen molar-refractivity contribution >= 4 is 33.9 Å². The Labute approximate surface area is 217 Å². The number of nitrogens with one attached hydrogen (secondary N) is 1. The Kier molecular flexibility index (Phi) is 9.02. The van der Waals surface area contributed by atoms with Gasteiger partial charge in [0.05, 0.1) is 23.4 Å². The maximum atomic E-state index is 11.9. The van der Waals surface area contributed by atoms with Gasteiger partial charge in [0, 0.05) is 68.2 Å². The van der Waals surface area contributed by atoms with E-state index in [9.17, 15) is 10.1 Å².